The molecule has 0 spiro atoms. The molecule has 4 nitrogen and oxygen atoms in total. The van der Waals surface area contributed by atoms with E-state index in [2.05, 4.69) is 10.6 Å². The van der Waals surface area contributed by atoms with Crippen LogP contribution in [0.4, 0.5) is 0 Å². The minimum Gasteiger partial charge on any atom is -0.345 e. The fourth-order valence-electron chi connectivity index (χ4n) is 5.88. The van der Waals surface area contributed by atoms with E-state index in [0.717, 1.165) is 49.9 Å². The van der Waals surface area contributed by atoms with Gasteiger partial charge in [-0.3, -0.25) is 9.59 Å². The van der Waals surface area contributed by atoms with E-state index < -0.39 is 5.91 Å². The van der Waals surface area contributed by atoms with Crippen LogP contribution in [-0.4, -0.2) is 23.4 Å². The van der Waals surface area contributed by atoms with Crippen LogP contribution >= 0.6 is 0 Å². The minimum atomic E-state index is -0.405. The van der Waals surface area contributed by atoms with Crippen LogP contribution < -0.4 is 10.6 Å². The first-order valence-corrected chi connectivity index (χ1v) is 8.75. The molecule has 0 unspecified atom stereocenters. The van der Waals surface area contributed by atoms with Gasteiger partial charge < -0.3 is 10.6 Å². The van der Waals surface area contributed by atoms with Crippen molar-refractivity contribution in [1.29, 1.82) is 0 Å². The van der Waals surface area contributed by atoms with Crippen LogP contribution in [0, 0.1) is 17.8 Å². The standard InChI is InChI=1S/C17H26N2O2/c20-15(18-14-3-1-2-4-14)16(21)19-17-8-11-5-12(9-17)7-13(6-11)10-17/h11-14H,1-10H2,(H,18,20)(H,19,21). The zero-order valence-electron chi connectivity index (χ0n) is 12.7. The summed E-state index contributed by atoms with van der Waals surface area (Å²) in [5.41, 5.74) is -0.0567. The molecule has 4 bridgehead atoms. The molecule has 2 N–H and O–H groups in total. The summed E-state index contributed by atoms with van der Waals surface area (Å²) in [6, 6.07) is 0.222. The Balaban J connectivity index is 1.38. The van der Waals surface area contributed by atoms with Crippen LogP contribution in [0.2, 0.25) is 0 Å². The molecule has 5 rings (SSSR count). The van der Waals surface area contributed by atoms with E-state index in [-0.39, 0.29) is 17.5 Å². The SMILES string of the molecule is O=C(NC1CCCC1)C(=O)NC12CC3CC(CC(C3)C1)C2. The Morgan fingerprint density at radius 1 is 0.810 bits per heavy atom. The van der Waals surface area contributed by atoms with Gasteiger partial charge >= 0.3 is 11.8 Å². The van der Waals surface area contributed by atoms with Crippen LogP contribution in [0.15, 0.2) is 0 Å². The summed E-state index contributed by atoms with van der Waals surface area (Å²) in [7, 11) is 0. The maximum Gasteiger partial charge on any atom is 0.309 e. The Hall–Kier alpha value is -1.06. The van der Waals surface area contributed by atoms with Crippen LogP contribution in [-0.2, 0) is 9.59 Å². The lowest BCUT2D eigenvalue weighted by molar-refractivity contribution is -0.143. The van der Waals surface area contributed by atoms with E-state index in [4.69, 9.17) is 0 Å². The summed E-state index contributed by atoms with van der Waals surface area (Å²) >= 11 is 0. The van der Waals surface area contributed by atoms with Crippen LogP contribution in [0.5, 0.6) is 0 Å². The predicted molar refractivity (Wildman–Crippen MR) is 79.4 cm³/mol. The molecule has 0 aliphatic heterocycles. The number of nitrogens with one attached hydrogen (secondary N) is 2. The molecule has 0 radical (unpaired) electrons. The summed E-state index contributed by atoms with van der Waals surface area (Å²) in [5.74, 6) is 1.57. The van der Waals surface area contributed by atoms with Gasteiger partial charge in [-0.25, -0.2) is 0 Å². The first-order valence-electron chi connectivity index (χ1n) is 8.75. The summed E-state index contributed by atoms with van der Waals surface area (Å²) in [4.78, 5) is 24.4. The van der Waals surface area contributed by atoms with Crippen molar-refractivity contribution in [3.63, 3.8) is 0 Å². The molecular formula is C17H26N2O2. The molecule has 0 aromatic carbocycles. The maximum atomic E-state index is 12.3. The van der Waals surface area contributed by atoms with Crippen molar-refractivity contribution < 1.29 is 9.59 Å². The molecule has 5 aliphatic carbocycles. The molecule has 0 saturated heterocycles. The van der Waals surface area contributed by atoms with E-state index in [9.17, 15) is 9.59 Å². The second-order valence-electron chi connectivity index (χ2n) is 8.11. The topological polar surface area (TPSA) is 58.2 Å². The normalized spacial score (nSPS) is 41.2. The molecule has 0 aromatic rings. The third kappa shape index (κ3) is 2.58. The van der Waals surface area contributed by atoms with Crippen molar-refractivity contribution in [2.24, 2.45) is 17.8 Å². The maximum absolute atomic E-state index is 12.3. The molecule has 0 atom stereocenters. The van der Waals surface area contributed by atoms with Crippen LogP contribution in [0.1, 0.15) is 64.2 Å². The molecule has 21 heavy (non-hydrogen) atoms. The second-order valence-corrected chi connectivity index (χ2v) is 8.11. The highest BCUT2D eigenvalue weighted by molar-refractivity contribution is 6.35. The zero-order valence-corrected chi connectivity index (χ0v) is 12.7. The van der Waals surface area contributed by atoms with Gasteiger partial charge in [0.25, 0.3) is 0 Å². The third-order valence-corrected chi connectivity index (χ3v) is 6.31. The van der Waals surface area contributed by atoms with Gasteiger partial charge in [0, 0.05) is 11.6 Å². The number of hydrogen-bond acceptors (Lipinski definition) is 2. The van der Waals surface area contributed by atoms with Crippen molar-refractivity contribution in [3.8, 4) is 0 Å². The first kappa shape index (κ1) is 13.6. The minimum absolute atomic E-state index is 0.0567. The Morgan fingerprint density at radius 3 is 1.86 bits per heavy atom. The number of rotatable bonds is 2. The van der Waals surface area contributed by atoms with Crippen LogP contribution in [0.25, 0.3) is 0 Å². The number of carbonyl (C=O) groups is 2. The summed E-state index contributed by atoms with van der Waals surface area (Å²) < 4.78 is 0. The lowest BCUT2D eigenvalue weighted by Gasteiger charge is -2.56. The fourth-order valence-corrected chi connectivity index (χ4v) is 5.88. The van der Waals surface area contributed by atoms with Crippen molar-refractivity contribution in [1.82, 2.24) is 10.6 Å². The Morgan fingerprint density at radius 2 is 1.33 bits per heavy atom. The van der Waals surface area contributed by atoms with Gasteiger partial charge in [-0.05, 0) is 69.1 Å². The number of carbonyl (C=O) groups excluding carboxylic acids is 2. The predicted octanol–water partition coefficient (Wildman–Crippen LogP) is 2.13. The molecule has 2 amide bonds. The van der Waals surface area contributed by atoms with E-state index in [1.54, 1.807) is 0 Å². The van der Waals surface area contributed by atoms with Gasteiger partial charge in [0.15, 0.2) is 0 Å². The smallest absolute Gasteiger partial charge is 0.309 e. The van der Waals surface area contributed by atoms with Gasteiger partial charge in [-0.1, -0.05) is 12.8 Å². The average molecular weight is 290 g/mol. The van der Waals surface area contributed by atoms with Gasteiger partial charge in [0.1, 0.15) is 0 Å². The van der Waals surface area contributed by atoms with Crippen molar-refractivity contribution >= 4 is 11.8 Å². The average Bonchev–Trinajstić information content (AvgIpc) is 2.89. The van der Waals surface area contributed by atoms with Crippen molar-refractivity contribution in [2.45, 2.75) is 75.8 Å². The quantitative estimate of drug-likeness (QED) is 0.765. The third-order valence-electron chi connectivity index (χ3n) is 6.31. The van der Waals surface area contributed by atoms with Gasteiger partial charge in [-0.2, -0.15) is 0 Å². The lowest BCUT2D eigenvalue weighted by atomic mass is 9.53. The highest BCUT2D eigenvalue weighted by atomic mass is 16.2. The van der Waals surface area contributed by atoms with Crippen molar-refractivity contribution in [3.05, 3.63) is 0 Å². The largest absolute Gasteiger partial charge is 0.345 e. The number of amides is 2. The summed E-state index contributed by atoms with van der Waals surface area (Å²) in [6.45, 7) is 0. The second kappa shape index (κ2) is 4.99. The van der Waals surface area contributed by atoms with E-state index in [0.29, 0.717) is 0 Å². The number of hydrogen-bond donors (Lipinski definition) is 2. The lowest BCUT2D eigenvalue weighted by Crippen LogP contribution is -2.62. The molecule has 5 aliphatic rings. The van der Waals surface area contributed by atoms with Crippen molar-refractivity contribution in [2.75, 3.05) is 0 Å². The van der Waals surface area contributed by atoms with Gasteiger partial charge in [0.2, 0.25) is 0 Å². The molecular weight excluding hydrogens is 264 g/mol. The Labute approximate surface area is 126 Å². The molecule has 5 saturated carbocycles. The first-order chi connectivity index (χ1) is 10.1. The Kier molecular flexibility index (Phi) is 3.23. The highest BCUT2D eigenvalue weighted by Crippen LogP contribution is 2.55. The Bertz CT molecular complexity index is 418. The zero-order chi connectivity index (χ0) is 14.4. The van der Waals surface area contributed by atoms with Gasteiger partial charge in [0.05, 0.1) is 0 Å². The van der Waals surface area contributed by atoms with E-state index in [1.165, 1.54) is 32.1 Å². The molecule has 0 aromatic heterocycles. The van der Waals surface area contributed by atoms with Crippen LogP contribution in [0.3, 0.4) is 0 Å². The fraction of sp³-hybridized carbons (Fsp3) is 0.882. The highest BCUT2D eigenvalue weighted by Gasteiger charge is 2.51. The molecule has 4 heteroatoms. The summed E-state index contributed by atoms with van der Waals surface area (Å²) in [6.07, 6.45) is 11.7. The molecule has 0 heterocycles. The molecule has 116 valence electrons. The summed E-state index contributed by atoms with van der Waals surface area (Å²) in [5, 5.41) is 6.06. The monoisotopic (exact) mass is 290 g/mol. The van der Waals surface area contributed by atoms with E-state index >= 15 is 0 Å². The van der Waals surface area contributed by atoms with E-state index in [1.807, 2.05) is 0 Å². The molecule has 5 fully saturated rings. The van der Waals surface area contributed by atoms with Gasteiger partial charge in [-0.15, -0.1) is 0 Å².